The third-order valence-electron chi connectivity index (χ3n) is 3.82. The lowest BCUT2D eigenvalue weighted by molar-refractivity contribution is -0.274. The third-order valence-corrected chi connectivity index (χ3v) is 3.82. The van der Waals surface area contributed by atoms with Crippen LogP contribution in [0.25, 0.3) is 0 Å². The minimum absolute atomic E-state index is 0.0847. The maximum absolute atomic E-state index is 12.7. The molecule has 1 aliphatic carbocycles. The van der Waals surface area contributed by atoms with Gasteiger partial charge in [0.1, 0.15) is 11.4 Å². The number of hydrogen-bond acceptors (Lipinski definition) is 3. The highest BCUT2D eigenvalue weighted by Gasteiger charge is 2.42. The summed E-state index contributed by atoms with van der Waals surface area (Å²) in [6.07, 6.45) is -1.16. The van der Waals surface area contributed by atoms with Crippen LogP contribution in [-0.4, -0.2) is 24.9 Å². The summed E-state index contributed by atoms with van der Waals surface area (Å²) >= 11 is 0. The van der Waals surface area contributed by atoms with Gasteiger partial charge in [-0.2, -0.15) is 0 Å². The Morgan fingerprint density at radius 2 is 1.76 bits per heavy atom. The van der Waals surface area contributed by atoms with Crippen molar-refractivity contribution in [3.63, 3.8) is 0 Å². The third kappa shape index (κ3) is 3.56. The summed E-state index contributed by atoms with van der Waals surface area (Å²) < 4.78 is 46.7. The van der Waals surface area contributed by atoms with Crippen LogP contribution in [-0.2, 0) is 4.74 Å². The number of hydrogen-bond donors (Lipinski definition) is 0. The molecule has 1 aromatic carbocycles. The Morgan fingerprint density at radius 1 is 1.14 bits per heavy atom. The summed E-state index contributed by atoms with van der Waals surface area (Å²) in [5.41, 5.74) is -1.12. The number of para-hydroxylation sites is 1. The fourth-order valence-corrected chi connectivity index (χ4v) is 2.76. The van der Waals surface area contributed by atoms with Crippen molar-refractivity contribution in [2.45, 2.75) is 44.1 Å². The van der Waals surface area contributed by atoms with Crippen molar-refractivity contribution in [3.05, 3.63) is 29.8 Å². The molecule has 3 nitrogen and oxygen atoms in total. The van der Waals surface area contributed by atoms with Gasteiger partial charge in [-0.05, 0) is 25.0 Å². The first-order valence-electron chi connectivity index (χ1n) is 6.83. The van der Waals surface area contributed by atoms with Gasteiger partial charge in [0.2, 0.25) is 0 Å². The van der Waals surface area contributed by atoms with Gasteiger partial charge >= 0.3 is 6.36 Å². The molecule has 1 fully saturated rings. The number of ether oxygens (including phenoxy) is 2. The van der Waals surface area contributed by atoms with Crippen LogP contribution in [0.1, 0.15) is 42.5 Å². The Kier molecular flexibility index (Phi) is 4.56. The summed E-state index contributed by atoms with van der Waals surface area (Å²) in [6.45, 7) is 0. The zero-order chi connectivity index (χ0) is 15.5. The average molecular weight is 302 g/mol. The van der Waals surface area contributed by atoms with E-state index >= 15 is 0 Å². The highest BCUT2D eigenvalue weighted by molar-refractivity contribution is 6.04. The summed E-state index contributed by atoms with van der Waals surface area (Å²) in [4.78, 5) is 12.7. The predicted molar refractivity (Wildman–Crippen MR) is 70.3 cm³/mol. The molecular formula is C15H17F3O3. The number of halogens is 3. The van der Waals surface area contributed by atoms with E-state index in [9.17, 15) is 18.0 Å². The molecule has 0 N–H and O–H groups in total. The zero-order valence-corrected chi connectivity index (χ0v) is 11.7. The number of rotatable bonds is 4. The molecule has 0 heterocycles. The molecule has 6 heteroatoms. The molecule has 2 rings (SSSR count). The second-order valence-electron chi connectivity index (χ2n) is 5.13. The molecule has 0 aliphatic heterocycles. The first-order valence-corrected chi connectivity index (χ1v) is 6.83. The van der Waals surface area contributed by atoms with Crippen LogP contribution in [0.2, 0.25) is 0 Å². The van der Waals surface area contributed by atoms with E-state index in [0.717, 1.165) is 25.3 Å². The molecule has 1 saturated carbocycles. The van der Waals surface area contributed by atoms with E-state index in [1.807, 2.05) is 0 Å². The van der Waals surface area contributed by atoms with E-state index in [0.29, 0.717) is 12.8 Å². The molecule has 0 bridgehead atoms. The highest BCUT2D eigenvalue weighted by Crippen LogP contribution is 2.37. The first kappa shape index (κ1) is 15.8. The molecule has 116 valence electrons. The van der Waals surface area contributed by atoms with Gasteiger partial charge in [-0.1, -0.05) is 31.4 Å². The molecule has 0 saturated heterocycles. The monoisotopic (exact) mass is 302 g/mol. The minimum atomic E-state index is -4.83. The lowest BCUT2D eigenvalue weighted by Crippen LogP contribution is -2.42. The second-order valence-corrected chi connectivity index (χ2v) is 5.13. The van der Waals surface area contributed by atoms with E-state index in [1.54, 1.807) is 0 Å². The second kappa shape index (κ2) is 6.05. The fraction of sp³-hybridized carbons (Fsp3) is 0.533. The molecule has 0 radical (unpaired) electrons. The lowest BCUT2D eigenvalue weighted by atomic mass is 9.79. The van der Waals surface area contributed by atoms with Crippen LogP contribution in [0.3, 0.4) is 0 Å². The minimum Gasteiger partial charge on any atom is -0.405 e. The van der Waals surface area contributed by atoms with Gasteiger partial charge in [0, 0.05) is 7.11 Å². The molecule has 0 unspecified atom stereocenters. The van der Waals surface area contributed by atoms with Gasteiger partial charge in [0.05, 0.1) is 5.56 Å². The van der Waals surface area contributed by atoms with Crippen LogP contribution in [0.4, 0.5) is 13.2 Å². The Bertz CT molecular complexity index is 505. The van der Waals surface area contributed by atoms with Gasteiger partial charge < -0.3 is 9.47 Å². The molecule has 0 atom stereocenters. The van der Waals surface area contributed by atoms with Gasteiger partial charge in [0.15, 0.2) is 5.78 Å². The van der Waals surface area contributed by atoms with Crippen LogP contribution in [0.15, 0.2) is 24.3 Å². The molecule has 1 aromatic rings. The fourth-order valence-electron chi connectivity index (χ4n) is 2.76. The summed E-state index contributed by atoms with van der Waals surface area (Å²) in [6, 6.07) is 5.41. The number of benzene rings is 1. The maximum atomic E-state index is 12.7. The Balaban J connectivity index is 2.34. The summed E-state index contributed by atoms with van der Waals surface area (Å²) in [5, 5.41) is 0. The largest absolute Gasteiger partial charge is 0.573 e. The van der Waals surface area contributed by atoms with Crippen molar-refractivity contribution >= 4 is 5.78 Å². The van der Waals surface area contributed by atoms with Crippen LogP contribution >= 0.6 is 0 Å². The summed E-state index contributed by atoms with van der Waals surface area (Å²) in [7, 11) is 1.43. The predicted octanol–water partition coefficient (Wildman–Crippen LogP) is 4.12. The summed E-state index contributed by atoms with van der Waals surface area (Å²) in [5.74, 6) is -0.915. The standard InChI is InChI=1S/C15H17F3O3/c1-20-14(9-5-2-6-10-14)13(19)11-7-3-4-8-12(11)21-15(16,17)18/h3-4,7-8H,2,5-6,9-10H2,1H3. The lowest BCUT2D eigenvalue weighted by Gasteiger charge is -2.34. The van der Waals surface area contributed by atoms with Gasteiger partial charge in [-0.15, -0.1) is 13.2 Å². The van der Waals surface area contributed by atoms with Crippen molar-refractivity contribution < 1.29 is 27.4 Å². The van der Waals surface area contributed by atoms with E-state index in [4.69, 9.17) is 4.74 Å². The van der Waals surface area contributed by atoms with Gasteiger partial charge in [-0.3, -0.25) is 4.79 Å². The molecular weight excluding hydrogens is 285 g/mol. The van der Waals surface area contributed by atoms with Gasteiger partial charge in [0.25, 0.3) is 0 Å². The highest BCUT2D eigenvalue weighted by atomic mass is 19.4. The quantitative estimate of drug-likeness (QED) is 0.785. The molecule has 21 heavy (non-hydrogen) atoms. The van der Waals surface area contributed by atoms with Crippen molar-refractivity contribution in [3.8, 4) is 5.75 Å². The van der Waals surface area contributed by atoms with Crippen molar-refractivity contribution in [1.82, 2.24) is 0 Å². The van der Waals surface area contributed by atoms with Crippen molar-refractivity contribution in [2.75, 3.05) is 7.11 Å². The first-order chi connectivity index (χ1) is 9.88. The molecule has 0 aromatic heterocycles. The molecule has 1 aliphatic rings. The number of Topliss-reactive ketones (excluding diaryl/α,β-unsaturated/α-hetero) is 1. The number of methoxy groups -OCH3 is 1. The number of ketones is 1. The van der Waals surface area contributed by atoms with Crippen molar-refractivity contribution in [2.24, 2.45) is 0 Å². The van der Waals surface area contributed by atoms with Crippen molar-refractivity contribution in [1.29, 1.82) is 0 Å². The number of alkyl halides is 3. The van der Waals surface area contributed by atoms with Crippen LogP contribution < -0.4 is 4.74 Å². The topological polar surface area (TPSA) is 35.5 Å². The van der Waals surface area contributed by atoms with Crippen LogP contribution in [0.5, 0.6) is 5.75 Å². The normalized spacial score (nSPS) is 18.3. The Hall–Kier alpha value is -1.56. The number of carbonyl (C=O) groups excluding carboxylic acids is 1. The SMILES string of the molecule is COC1(C(=O)c2ccccc2OC(F)(F)F)CCCCC1. The Labute approximate surface area is 121 Å². The zero-order valence-electron chi connectivity index (χ0n) is 11.7. The molecule has 0 spiro atoms. The van der Waals surface area contributed by atoms with Gasteiger partial charge in [-0.25, -0.2) is 0 Å². The maximum Gasteiger partial charge on any atom is 0.573 e. The van der Waals surface area contributed by atoms with E-state index < -0.39 is 23.5 Å². The van der Waals surface area contributed by atoms with Crippen LogP contribution in [0, 0.1) is 0 Å². The van der Waals surface area contributed by atoms with E-state index in [2.05, 4.69) is 4.74 Å². The smallest absolute Gasteiger partial charge is 0.405 e. The number of carbonyl (C=O) groups is 1. The van der Waals surface area contributed by atoms with E-state index in [1.165, 1.54) is 25.3 Å². The Morgan fingerprint density at radius 3 is 2.33 bits per heavy atom. The molecule has 0 amide bonds. The average Bonchev–Trinajstić information content (AvgIpc) is 2.46. The van der Waals surface area contributed by atoms with E-state index in [-0.39, 0.29) is 5.56 Å².